The molecule has 77 valence electrons. The second-order valence-electron chi connectivity index (χ2n) is 3.40. The molecule has 0 aliphatic heterocycles. The van der Waals surface area contributed by atoms with Crippen molar-refractivity contribution in [3.8, 4) is 0 Å². The molecule has 0 saturated carbocycles. The van der Waals surface area contributed by atoms with Gasteiger partial charge in [-0.25, -0.2) is 0 Å². The smallest absolute Gasteiger partial charge is 0.401 e. The van der Waals surface area contributed by atoms with Gasteiger partial charge in [-0.2, -0.15) is 0 Å². The molecule has 0 unspecified atom stereocenters. The van der Waals surface area contributed by atoms with Crippen molar-refractivity contribution < 1.29 is 9.59 Å². The summed E-state index contributed by atoms with van der Waals surface area (Å²) in [6.07, 6.45) is 0. The normalized spacial score (nSPS) is 10.6. The maximum atomic E-state index is 10.2. The molecule has 0 fully saturated rings. The third kappa shape index (κ3) is 3.12. The fourth-order valence-corrected chi connectivity index (χ4v) is 3.16. The van der Waals surface area contributed by atoms with Gasteiger partial charge in [0.05, 0.1) is 0 Å². The minimum atomic E-state index is -3.46. The molecule has 0 amide bonds. The maximum absolute atomic E-state index is 10.2. The van der Waals surface area contributed by atoms with Crippen LogP contribution in [0.5, 0.6) is 0 Å². The predicted octanol–water partition coefficient (Wildman–Crippen LogP) is -0.153. The zero-order valence-electron chi connectivity index (χ0n) is 9.17. The van der Waals surface area contributed by atoms with Crippen molar-refractivity contribution in [2.45, 2.75) is 0 Å². The molecule has 2 nitrogen and oxygen atoms in total. The van der Waals surface area contributed by atoms with Gasteiger partial charge in [0.2, 0.25) is 0 Å². The van der Waals surface area contributed by atoms with E-state index in [4.69, 9.17) is 0 Å². The summed E-state index contributed by atoms with van der Waals surface area (Å²) in [6, 6.07) is 18.0. The van der Waals surface area contributed by atoms with E-state index in [1.54, 1.807) is 24.3 Å². The average Bonchev–Trinajstić information content (AvgIpc) is 2.31. The first-order chi connectivity index (χ1) is 7.21. The van der Waals surface area contributed by atoms with E-state index >= 15 is 0 Å². The Morgan fingerprint density at radius 3 is 1.25 bits per heavy atom. The summed E-state index contributed by atoms with van der Waals surface area (Å²) in [6.45, 7) is 0. The fraction of sp³-hybridized carbons (Fsp3) is 0. The summed E-state index contributed by atoms with van der Waals surface area (Å²) in [7, 11) is -3.46. The molecule has 0 bridgehead atoms. The van der Waals surface area contributed by atoms with Gasteiger partial charge in [0.1, 0.15) is 0 Å². The van der Waals surface area contributed by atoms with Gasteiger partial charge in [-0.15, -0.1) is 0 Å². The van der Waals surface area contributed by atoms with Gasteiger partial charge >= 0.3 is 8.56 Å². The summed E-state index contributed by atoms with van der Waals surface area (Å²) in [4.78, 5) is 20.3. The van der Waals surface area contributed by atoms with Crippen LogP contribution in [-0.2, 0) is 0 Å². The van der Waals surface area contributed by atoms with E-state index in [2.05, 4.69) is 0 Å². The van der Waals surface area contributed by atoms with Crippen LogP contribution >= 0.6 is 0 Å². The molecule has 16 heavy (non-hydrogen) atoms. The molecule has 2 aromatic carbocycles. The zero-order valence-corrected chi connectivity index (χ0v) is 13.3. The van der Waals surface area contributed by atoms with Crippen LogP contribution in [0.1, 0.15) is 0 Å². The molecular weight excluding hydrogens is 243 g/mol. The van der Waals surface area contributed by atoms with Crippen LogP contribution in [0.25, 0.3) is 0 Å². The molecule has 4 heteroatoms. The van der Waals surface area contributed by atoms with Crippen molar-refractivity contribution in [3.63, 3.8) is 0 Å². The number of hydrogen-bond donors (Lipinski definition) is 2. The first kappa shape index (κ1) is 14.3. The first-order valence-corrected chi connectivity index (χ1v) is 6.66. The molecule has 0 aliphatic carbocycles. The molecular formula is C12H12KO2Si. The number of benzene rings is 2. The van der Waals surface area contributed by atoms with Crippen molar-refractivity contribution >= 4 is 70.3 Å². The third-order valence-electron chi connectivity index (χ3n) is 2.35. The molecule has 0 spiro atoms. The monoisotopic (exact) mass is 255 g/mol. The summed E-state index contributed by atoms with van der Waals surface area (Å²) in [5.74, 6) is 0. The first-order valence-electron chi connectivity index (χ1n) is 4.77. The average molecular weight is 255 g/mol. The quantitative estimate of drug-likeness (QED) is 0.733. The van der Waals surface area contributed by atoms with Gasteiger partial charge in [-0.1, -0.05) is 60.7 Å². The second kappa shape index (κ2) is 6.23. The van der Waals surface area contributed by atoms with E-state index in [-0.39, 0.29) is 51.4 Å². The topological polar surface area (TPSA) is 40.5 Å². The van der Waals surface area contributed by atoms with E-state index in [0.29, 0.717) is 10.4 Å². The van der Waals surface area contributed by atoms with E-state index in [0.717, 1.165) is 0 Å². The van der Waals surface area contributed by atoms with Crippen LogP contribution in [0.3, 0.4) is 0 Å². The minimum Gasteiger partial charge on any atom is -0.404 e. The van der Waals surface area contributed by atoms with Crippen molar-refractivity contribution in [1.29, 1.82) is 0 Å². The molecule has 0 aromatic heterocycles. The maximum Gasteiger partial charge on any atom is 0.401 e. The van der Waals surface area contributed by atoms with Gasteiger partial charge in [-0.05, 0) is 10.4 Å². The standard InChI is InChI=1S/C12H12O2Si.K/c13-15(14,11-7-3-1-4-8-11)12-9-5-2-6-10-12;/h1-10,13-14H;. The van der Waals surface area contributed by atoms with E-state index < -0.39 is 8.56 Å². The number of rotatable bonds is 2. The van der Waals surface area contributed by atoms with Gasteiger partial charge in [0.25, 0.3) is 0 Å². The van der Waals surface area contributed by atoms with Crippen molar-refractivity contribution in [3.05, 3.63) is 60.7 Å². The Morgan fingerprint density at radius 1 is 0.625 bits per heavy atom. The second-order valence-corrected chi connectivity index (χ2v) is 5.90. The Balaban J connectivity index is 0.00000128. The Labute approximate surface area is 139 Å². The third-order valence-corrected chi connectivity index (χ3v) is 4.63. The van der Waals surface area contributed by atoms with Gasteiger partial charge < -0.3 is 9.59 Å². The fourth-order valence-electron chi connectivity index (χ4n) is 1.51. The van der Waals surface area contributed by atoms with E-state index in [9.17, 15) is 9.59 Å². The van der Waals surface area contributed by atoms with Crippen LogP contribution in [0.2, 0.25) is 0 Å². The van der Waals surface area contributed by atoms with Crippen molar-refractivity contribution in [2.75, 3.05) is 0 Å². The van der Waals surface area contributed by atoms with Crippen LogP contribution < -0.4 is 10.4 Å². The van der Waals surface area contributed by atoms with Crippen LogP contribution in [0.15, 0.2) is 60.7 Å². The molecule has 2 aromatic rings. The summed E-state index contributed by atoms with van der Waals surface area (Å²) in [5.41, 5.74) is 0. The molecule has 2 N–H and O–H groups in total. The van der Waals surface area contributed by atoms with Gasteiger partial charge in [-0.3, -0.25) is 0 Å². The molecule has 0 heterocycles. The molecule has 2 rings (SSSR count). The summed E-state index contributed by atoms with van der Waals surface area (Å²) >= 11 is 0. The van der Waals surface area contributed by atoms with Crippen LogP contribution in [-0.4, -0.2) is 69.5 Å². The Kier molecular flexibility index (Phi) is 5.56. The molecule has 0 saturated heterocycles. The van der Waals surface area contributed by atoms with Gasteiger partial charge in [0.15, 0.2) is 0 Å². The SMILES string of the molecule is O[Si](O)(c1ccccc1)c1ccccc1.[K]. The number of hydrogen-bond acceptors (Lipinski definition) is 2. The zero-order chi connectivity index (χ0) is 10.7. The Morgan fingerprint density at radius 2 is 0.938 bits per heavy atom. The predicted molar refractivity (Wildman–Crippen MR) is 68.1 cm³/mol. The van der Waals surface area contributed by atoms with Crippen molar-refractivity contribution in [2.24, 2.45) is 0 Å². The van der Waals surface area contributed by atoms with Crippen LogP contribution in [0.4, 0.5) is 0 Å². The van der Waals surface area contributed by atoms with E-state index in [1.807, 2.05) is 36.4 Å². The Hall–Kier alpha value is 0.213. The van der Waals surface area contributed by atoms with Gasteiger partial charge in [0, 0.05) is 51.4 Å². The molecule has 0 aliphatic rings. The van der Waals surface area contributed by atoms with E-state index in [1.165, 1.54) is 0 Å². The van der Waals surface area contributed by atoms with Crippen LogP contribution in [0, 0.1) is 0 Å². The Bertz CT molecular complexity index is 390. The minimum absolute atomic E-state index is 0. The largest absolute Gasteiger partial charge is 0.404 e. The summed E-state index contributed by atoms with van der Waals surface area (Å²) < 4.78 is 0. The molecule has 1 radical (unpaired) electrons. The molecule has 0 atom stereocenters. The van der Waals surface area contributed by atoms with Crippen molar-refractivity contribution in [1.82, 2.24) is 0 Å². The summed E-state index contributed by atoms with van der Waals surface area (Å²) in [5, 5.41) is 1.22.